The van der Waals surface area contributed by atoms with Gasteiger partial charge in [0.2, 0.25) is 0 Å². The van der Waals surface area contributed by atoms with E-state index in [9.17, 15) is 0 Å². The number of aliphatic imine (C=N–C) groups is 1. The molecular formula is C20H36IN5. The molecule has 3 N–H and O–H groups in total. The van der Waals surface area contributed by atoms with E-state index in [1.54, 1.807) is 0 Å². The van der Waals surface area contributed by atoms with E-state index in [1.165, 1.54) is 32.1 Å². The summed E-state index contributed by atoms with van der Waals surface area (Å²) in [6, 6.07) is 4.54. The number of pyridine rings is 1. The molecule has 0 amide bonds. The molecule has 1 atom stereocenters. The second kappa shape index (κ2) is 12.4. The van der Waals surface area contributed by atoms with Gasteiger partial charge in [-0.25, -0.2) is 9.98 Å². The van der Waals surface area contributed by atoms with Gasteiger partial charge >= 0.3 is 0 Å². The van der Waals surface area contributed by atoms with Crippen molar-refractivity contribution in [3.05, 3.63) is 23.9 Å². The van der Waals surface area contributed by atoms with E-state index in [0.29, 0.717) is 18.5 Å². The van der Waals surface area contributed by atoms with Crippen molar-refractivity contribution in [3.8, 4) is 0 Å². The van der Waals surface area contributed by atoms with E-state index in [1.807, 2.05) is 12.3 Å². The summed E-state index contributed by atoms with van der Waals surface area (Å²) >= 11 is 0. The molecule has 0 radical (unpaired) electrons. The lowest BCUT2D eigenvalue weighted by Gasteiger charge is -2.27. The molecule has 0 saturated carbocycles. The van der Waals surface area contributed by atoms with Gasteiger partial charge in [-0.1, -0.05) is 26.7 Å². The zero-order chi connectivity index (χ0) is 18.1. The first-order valence-electron chi connectivity index (χ1n) is 9.81. The lowest BCUT2D eigenvalue weighted by atomic mass is 10.0. The summed E-state index contributed by atoms with van der Waals surface area (Å²) in [7, 11) is 0. The molecule has 6 heteroatoms. The van der Waals surface area contributed by atoms with Crippen LogP contribution in [-0.2, 0) is 6.54 Å². The maximum Gasteiger partial charge on any atom is 0.189 e. The first-order valence-corrected chi connectivity index (χ1v) is 9.81. The summed E-state index contributed by atoms with van der Waals surface area (Å²) in [6.45, 7) is 9.51. The predicted molar refractivity (Wildman–Crippen MR) is 122 cm³/mol. The maximum atomic E-state index is 6.05. The Morgan fingerprint density at radius 3 is 2.65 bits per heavy atom. The van der Waals surface area contributed by atoms with Gasteiger partial charge in [-0.15, -0.1) is 24.0 Å². The molecule has 0 aromatic carbocycles. The molecule has 1 aromatic heterocycles. The van der Waals surface area contributed by atoms with Crippen molar-refractivity contribution in [3.63, 3.8) is 0 Å². The molecule has 148 valence electrons. The van der Waals surface area contributed by atoms with Crippen LogP contribution in [0.5, 0.6) is 0 Å². The fourth-order valence-corrected chi connectivity index (χ4v) is 3.23. The first kappa shape index (κ1) is 23.0. The van der Waals surface area contributed by atoms with Gasteiger partial charge in [-0.2, -0.15) is 0 Å². The average molecular weight is 473 g/mol. The maximum absolute atomic E-state index is 6.05. The van der Waals surface area contributed by atoms with Crippen LogP contribution in [0.1, 0.15) is 64.9 Å². The molecule has 0 aliphatic carbocycles. The number of nitrogens with one attached hydrogen (secondary N) is 1. The van der Waals surface area contributed by atoms with E-state index in [-0.39, 0.29) is 24.0 Å². The fourth-order valence-electron chi connectivity index (χ4n) is 3.23. The summed E-state index contributed by atoms with van der Waals surface area (Å²) in [6.07, 6.45) is 9.35. The third-order valence-electron chi connectivity index (χ3n) is 4.73. The van der Waals surface area contributed by atoms with Crippen LogP contribution >= 0.6 is 24.0 Å². The Labute approximate surface area is 176 Å². The standard InChI is InChI=1S/C20H35N5.HI/c1-16(2)8-7-9-17(3)24-20(21)23-15-18-10-11-22-19(14-18)25-12-5-4-6-13-25;/h10-11,14,16-17H,4-9,12-13,15H2,1-3H3,(H3,21,23,24);1H. The van der Waals surface area contributed by atoms with Crippen LogP contribution in [0.4, 0.5) is 5.82 Å². The molecule has 1 aliphatic rings. The van der Waals surface area contributed by atoms with E-state index in [4.69, 9.17) is 5.73 Å². The van der Waals surface area contributed by atoms with Gasteiger partial charge in [0, 0.05) is 25.3 Å². The van der Waals surface area contributed by atoms with E-state index in [0.717, 1.165) is 36.8 Å². The largest absolute Gasteiger partial charge is 0.370 e. The van der Waals surface area contributed by atoms with Gasteiger partial charge < -0.3 is 16.0 Å². The second-order valence-electron chi connectivity index (χ2n) is 7.64. The Hall–Kier alpha value is -1.05. The first-order chi connectivity index (χ1) is 12.0. The molecule has 2 heterocycles. The number of halogens is 1. The number of hydrogen-bond donors (Lipinski definition) is 2. The molecule has 0 bridgehead atoms. The van der Waals surface area contributed by atoms with Crippen molar-refractivity contribution >= 4 is 35.8 Å². The minimum atomic E-state index is 0. The van der Waals surface area contributed by atoms with Crippen molar-refractivity contribution in [1.82, 2.24) is 10.3 Å². The van der Waals surface area contributed by atoms with Crippen LogP contribution in [0.2, 0.25) is 0 Å². The normalized spacial score (nSPS) is 16.3. The van der Waals surface area contributed by atoms with Crippen molar-refractivity contribution in [2.24, 2.45) is 16.6 Å². The fraction of sp³-hybridized carbons (Fsp3) is 0.700. The Kier molecular flexibility index (Phi) is 10.9. The molecule has 26 heavy (non-hydrogen) atoms. The van der Waals surface area contributed by atoms with Crippen LogP contribution in [0.3, 0.4) is 0 Å². The Bertz CT molecular complexity index is 541. The number of nitrogens with zero attached hydrogens (tertiary/aromatic N) is 3. The van der Waals surface area contributed by atoms with Gasteiger partial charge in [0.1, 0.15) is 5.82 Å². The highest BCUT2D eigenvalue weighted by Crippen LogP contribution is 2.18. The van der Waals surface area contributed by atoms with Gasteiger partial charge in [-0.05, 0) is 56.2 Å². The quantitative estimate of drug-likeness (QED) is 0.336. The van der Waals surface area contributed by atoms with Crippen molar-refractivity contribution < 1.29 is 0 Å². The minimum Gasteiger partial charge on any atom is -0.370 e. The summed E-state index contributed by atoms with van der Waals surface area (Å²) in [5, 5.41) is 3.30. The highest BCUT2D eigenvalue weighted by atomic mass is 127. The smallest absolute Gasteiger partial charge is 0.189 e. The highest BCUT2D eigenvalue weighted by molar-refractivity contribution is 14.0. The molecule has 2 rings (SSSR count). The van der Waals surface area contributed by atoms with Crippen molar-refractivity contribution in [2.75, 3.05) is 18.0 Å². The van der Waals surface area contributed by atoms with Gasteiger partial charge in [0.25, 0.3) is 0 Å². The molecule has 0 spiro atoms. The highest BCUT2D eigenvalue weighted by Gasteiger charge is 2.12. The number of aromatic nitrogens is 1. The Balaban J connectivity index is 0.00000338. The predicted octanol–water partition coefficient (Wildman–Crippen LogP) is 4.31. The van der Waals surface area contributed by atoms with E-state index in [2.05, 4.69) is 47.0 Å². The number of rotatable bonds is 8. The molecule has 5 nitrogen and oxygen atoms in total. The molecule has 1 fully saturated rings. The third-order valence-corrected chi connectivity index (χ3v) is 4.73. The summed E-state index contributed by atoms with van der Waals surface area (Å²) in [5.74, 6) is 2.37. The van der Waals surface area contributed by atoms with Crippen LogP contribution in [0.15, 0.2) is 23.3 Å². The average Bonchev–Trinajstić information content (AvgIpc) is 2.60. The summed E-state index contributed by atoms with van der Waals surface area (Å²) in [5.41, 5.74) is 7.21. The Morgan fingerprint density at radius 2 is 1.96 bits per heavy atom. The SMILES string of the molecule is CC(C)CCCC(C)NC(N)=NCc1ccnc(N2CCCCC2)c1.I. The zero-order valence-electron chi connectivity index (χ0n) is 16.6. The lowest BCUT2D eigenvalue weighted by Crippen LogP contribution is -2.38. The number of nitrogens with two attached hydrogens (primary N) is 1. The minimum absolute atomic E-state index is 0. The van der Waals surface area contributed by atoms with Crippen molar-refractivity contribution in [2.45, 2.75) is 71.9 Å². The number of guanidine groups is 1. The topological polar surface area (TPSA) is 66.5 Å². The number of anilines is 1. The van der Waals surface area contributed by atoms with Gasteiger partial charge in [0.15, 0.2) is 5.96 Å². The summed E-state index contributed by atoms with van der Waals surface area (Å²) in [4.78, 5) is 11.4. The van der Waals surface area contributed by atoms with Gasteiger partial charge in [0.05, 0.1) is 6.54 Å². The third kappa shape index (κ3) is 8.56. The van der Waals surface area contributed by atoms with E-state index >= 15 is 0 Å². The number of piperidine rings is 1. The Morgan fingerprint density at radius 1 is 1.23 bits per heavy atom. The molecule has 1 unspecified atom stereocenters. The molecule has 1 aliphatic heterocycles. The second-order valence-corrected chi connectivity index (χ2v) is 7.64. The van der Waals surface area contributed by atoms with Crippen LogP contribution in [-0.4, -0.2) is 30.1 Å². The van der Waals surface area contributed by atoms with Crippen LogP contribution < -0.4 is 16.0 Å². The van der Waals surface area contributed by atoms with Crippen LogP contribution in [0, 0.1) is 5.92 Å². The van der Waals surface area contributed by atoms with Crippen LogP contribution in [0.25, 0.3) is 0 Å². The molecule has 1 saturated heterocycles. The monoisotopic (exact) mass is 473 g/mol. The molecule has 1 aromatic rings. The zero-order valence-corrected chi connectivity index (χ0v) is 18.9. The molecular weight excluding hydrogens is 437 g/mol. The summed E-state index contributed by atoms with van der Waals surface area (Å²) < 4.78 is 0. The van der Waals surface area contributed by atoms with Gasteiger partial charge in [-0.3, -0.25) is 0 Å². The van der Waals surface area contributed by atoms with Crippen molar-refractivity contribution in [1.29, 1.82) is 0 Å². The van der Waals surface area contributed by atoms with E-state index < -0.39 is 0 Å². The number of hydrogen-bond acceptors (Lipinski definition) is 3. The lowest BCUT2D eigenvalue weighted by molar-refractivity contribution is 0.493.